The summed E-state index contributed by atoms with van der Waals surface area (Å²) in [5, 5.41) is 3.60. The van der Waals surface area contributed by atoms with Crippen molar-refractivity contribution in [3.63, 3.8) is 0 Å². The van der Waals surface area contributed by atoms with Crippen molar-refractivity contribution in [3.8, 4) is 5.75 Å². The van der Waals surface area contributed by atoms with Crippen LogP contribution in [0.15, 0.2) is 24.3 Å². The Morgan fingerprint density at radius 1 is 1.14 bits per heavy atom. The van der Waals surface area contributed by atoms with Crippen molar-refractivity contribution >= 4 is 0 Å². The predicted molar refractivity (Wildman–Crippen MR) is 85.7 cm³/mol. The molecule has 1 N–H and O–H groups in total. The first-order chi connectivity index (χ1) is 10.3. The number of methoxy groups -OCH3 is 1. The lowest BCUT2D eigenvalue weighted by Crippen LogP contribution is -2.49. The Hall–Kier alpha value is -1.10. The molecule has 1 aromatic rings. The van der Waals surface area contributed by atoms with Gasteiger partial charge in [0.2, 0.25) is 0 Å². The highest BCUT2D eigenvalue weighted by molar-refractivity contribution is 5.33. The Morgan fingerprint density at radius 2 is 1.90 bits per heavy atom. The summed E-state index contributed by atoms with van der Waals surface area (Å²) in [4.78, 5) is 5.15. The molecule has 0 amide bonds. The maximum atomic E-state index is 5.45. The highest BCUT2D eigenvalue weighted by Gasteiger charge is 2.22. The van der Waals surface area contributed by atoms with E-state index in [-0.39, 0.29) is 0 Å². The SMILES string of the molecule is COc1ccccc1CN1CCN(CC2CCCN2)CC1. The first-order valence-electron chi connectivity index (χ1n) is 8.15. The van der Waals surface area contributed by atoms with E-state index in [1.807, 2.05) is 6.07 Å². The zero-order valence-corrected chi connectivity index (χ0v) is 13.1. The average molecular weight is 289 g/mol. The molecule has 4 nitrogen and oxygen atoms in total. The second kappa shape index (κ2) is 7.25. The minimum absolute atomic E-state index is 0.728. The molecule has 4 heteroatoms. The van der Waals surface area contributed by atoms with Crippen molar-refractivity contribution in [1.29, 1.82) is 0 Å². The van der Waals surface area contributed by atoms with Gasteiger partial charge in [0.05, 0.1) is 7.11 Å². The molecule has 0 bridgehead atoms. The lowest BCUT2D eigenvalue weighted by atomic mass is 10.1. The molecule has 0 saturated carbocycles. The van der Waals surface area contributed by atoms with E-state index < -0.39 is 0 Å². The van der Waals surface area contributed by atoms with Gasteiger partial charge >= 0.3 is 0 Å². The zero-order valence-electron chi connectivity index (χ0n) is 13.1. The van der Waals surface area contributed by atoms with E-state index in [1.165, 1.54) is 44.6 Å². The van der Waals surface area contributed by atoms with Crippen LogP contribution in [-0.2, 0) is 6.54 Å². The van der Waals surface area contributed by atoms with Gasteiger partial charge in [0, 0.05) is 50.9 Å². The Morgan fingerprint density at radius 3 is 2.62 bits per heavy atom. The van der Waals surface area contributed by atoms with Gasteiger partial charge in [0.1, 0.15) is 5.75 Å². The summed E-state index contributed by atoms with van der Waals surface area (Å²) in [5.74, 6) is 1.01. The second-order valence-corrected chi connectivity index (χ2v) is 6.18. The van der Waals surface area contributed by atoms with E-state index >= 15 is 0 Å². The van der Waals surface area contributed by atoms with Gasteiger partial charge in [-0.1, -0.05) is 18.2 Å². The maximum absolute atomic E-state index is 5.45. The number of hydrogen-bond donors (Lipinski definition) is 1. The lowest BCUT2D eigenvalue weighted by Gasteiger charge is -2.36. The molecule has 0 aromatic heterocycles. The van der Waals surface area contributed by atoms with Crippen LogP contribution in [0.3, 0.4) is 0 Å². The van der Waals surface area contributed by atoms with Gasteiger partial charge in [-0.2, -0.15) is 0 Å². The van der Waals surface area contributed by atoms with E-state index in [9.17, 15) is 0 Å². The van der Waals surface area contributed by atoms with Crippen LogP contribution in [0.1, 0.15) is 18.4 Å². The summed E-state index contributed by atoms with van der Waals surface area (Å²) < 4.78 is 5.45. The first kappa shape index (κ1) is 14.8. The summed E-state index contributed by atoms with van der Waals surface area (Å²) in [6, 6.07) is 9.09. The summed E-state index contributed by atoms with van der Waals surface area (Å²) in [6.07, 6.45) is 2.69. The molecule has 1 aromatic carbocycles. The Bertz CT molecular complexity index is 437. The molecule has 0 aliphatic carbocycles. The number of nitrogens with one attached hydrogen (secondary N) is 1. The van der Waals surface area contributed by atoms with Gasteiger partial charge in [-0.15, -0.1) is 0 Å². The standard InChI is InChI=1S/C17H27N3O/c1-21-17-7-3-2-5-15(17)13-19-9-11-20(12-10-19)14-16-6-4-8-18-16/h2-3,5,7,16,18H,4,6,8-14H2,1H3. The van der Waals surface area contributed by atoms with E-state index in [2.05, 4.69) is 33.3 Å². The molecule has 1 atom stereocenters. The van der Waals surface area contributed by atoms with E-state index in [0.717, 1.165) is 31.4 Å². The fraction of sp³-hybridized carbons (Fsp3) is 0.647. The fourth-order valence-electron chi connectivity index (χ4n) is 3.43. The summed E-state index contributed by atoms with van der Waals surface area (Å²) in [5.41, 5.74) is 1.30. The van der Waals surface area contributed by atoms with E-state index in [4.69, 9.17) is 4.74 Å². The van der Waals surface area contributed by atoms with Crippen LogP contribution in [0.4, 0.5) is 0 Å². The molecular weight excluding hydrogens is 262 g/mol. The fourth-order valence-corrected chi connectivity index (χ4v) is 3.43. The van der Waals surface area contributed by atoms with Crippen molar-refractivity contribution < 1.29 is 4.74 Å². The van der Waals surface area contributed by atoms with Crippen LogP contribution in [0.5, 0.6) is 5.75 Å². The van der Waals surface area contributed by atoms with Crippen LogP contribution in [0.25, 0.3) is 0 Å². The third kappa shape index (κ3) is 3.96. The first-order valence-corrected chi connectivity index (χ1v) is 8.15. The van der Waals surface area contributed by atoms with Crippen LogP contribution >= 0.6 is 0 Å². The number of nitrogens with zero attached hydrogens (tertiary/aromatic N) is 2. The van der Waals surface area contributed by atoms with Crippen molar-refractivity contribution in [2.75, 3.05) is 46.4 Å². The number of para-hydroxylation sites is 1. The monoisotopic (exact) mass is 289 g/mol. The number of rotatable bonds is 5. The molecule has 0 radical (unpaired) electrons. The lowest BCUT2D eigenvalue weighted by molar-refractivity contribution is 0.119. The molecule has 116 valence electrons. The van der Waals surface area contributed by atoms with Crippen molar-refractivity contribution in [1.82, 2.24) is 15.1 Å². The minimum Gasteiger partial charge on any atom is -0.496 e. The summed E-state index contributed by atoms with van der Waals surface area (Å²) in [7, 11) is 1.76. The third-order valence-corrected chi connectivity index (χ3v) is 4.69. The largest absolute Gasteiger partial charge is 0.496 e. The van der Waals surface area contributed by atoms with Gasteiger partial charge in [0.15, 0.2) is 0 Å². The molecule has 3 rings (SSSR count). The summed E-state index contributed by atoms with van der Waals surface area (Å²) in [6.45, 7) is 8.12. The average Bonchev–Trinajstić information content (AvgIpc) is 3.03. The zero-order chi connectivity index (χ0) is 14.5. The molecule has 21 heavy (non-hydrogen) atoms. The number of ether oxygens (including phenoxy) is 1. The predicted octanol–water partition coefficient (Wildman–Crippen LogP) is 1.56. The smallest absolute Gasteiger partial charge is 0.123 e. The molecule has 2 fully saturated rings. The highest BCUT2D eigenvalue weighted by Crippen LogP contribution is 2.20. The number of piperazine rings is 1. The van der Waals surface area contributed by atoms with Gasteiger partial charge in [-0.3, -0.25) is 9.80 Å². The topological polar surface area (TPSA) is 27.7 Å². The molecule has 0 spiro atoms. The van der Waals surface area contributed by atoms with Crippen molar-refractivity contribution in [3.05, 3.63) is 29.8 Å². The molecule has 2 heterocycles. The second-order valence-electron chi connectivity index (χ2n) is 6.18. The highest BCUT2D eigenvalue weighted by atomic mass is 16.5. The van der Waals surface area contributed by atoms with Crippen LogP contribution in [0, 0.1) is 0 Å². The summed E-state index contributed by atoms with van der Waals surface area (Å²) >= 11 is 0. The Labute approximate surface area is 128 Å². The van der Waals surface area contributed by atoms with Crippen molar-refractivity contribution in [2.45, 2.75) is 25.4 Å². The minimum atomic E-state index is 0.728. The van der Waals surface area contributed by atoms with Gasteiger partial charge < -0.3 is 10.1 Å². The molecular formula is C17H27N3O. The normalized spacial score (nSPS) is 24.3. The van der Waals surface area contributed by atoms with E-state index in [1.54, 1.807) is 7.11 Å². The quantitative estimate of drug-likeness (QED) is 0.890. The maximum Gasteiger partial charge on any atom is 0.123 e. The Kier molecular flexibility index (Phi) is 5.12. The number of benzene rings is 1. The third-order valence-electron chi connectivity index (χ3n) is 4.69. The van der Waals surface area contributed by atoms with Crippen molar-refractivity contribution in [2.24, 2.45) is 0 Å². The Balaban J connectivity index is 1.47. The van der Waals surface area contributed by atoms with E-state index in [0.29, 0.717) is 0 Å². The molecule has 2 saturated heterocycles. The molecule has 1 unspecified atom stereocenters. The number of hydrogen-bond acceptors (Lipinski definition) is 4. The van der Waals surface area contributed by atoms with Crippen LogP contribution < -0.4 is 10.1 Å². The molecule has 2 aliphatic rings. The van der Waals surface area contributed by atoms with Gasteiger partial charge in [0.25, 0.3) is 0 Å². The van der Waals surface area contributed by atoms with Gasteiger partial charge in [-0.25, -0.2) is 0 Å². The van der Waals surface area contributed by atoms with Crippen LogP contribution in [-0.4, -0.2) is 62.2 Å². The van der Waals surface area contributed by atoms with Crippen LogP contribution in [0.2, 0.25) is 0 Å². The van der Waals surface area contributed by atoms with Gasteiger partial charge in [-0.05, 0) is 25.5 Å². The molecule has 2 aliphatic heterocycles.